The average molecular weight is 677 g/mol. The van der Waals surface area contributed by atoms with Crippen LogP contribution in [0.4, 0.5) is 0 Å². The highest BCUT2D eigenvalue weighted by Crippen LogP contribution is 2.40. The predicted octanol–water partition coefficient (Wildman–Crippen LogP) is 12.5. The van der Waals surface area contributed by atoms with E-state index in [1.807, 2.05) is 60.7 Å². The second-order valence-electron chi connectivity index (χ2n) is 13.2. The Bertz CT molecular complexity index is 2800. The molecule has 0 saturated heterocycles. The third-order valence-corrected chi connectivity index (χ3v) is 10.1. The Labute approximate surface area is 307 Å². The number of fused-ring (bicyclic) bond motifs is 4. The van der Waals surface area contributed by atoms with Gasteiger partial charge in [0, 0.05) is 33.2 Å². The molecule has 0 spiro atoms. The number of hydrogen-bond acceptors (Lipinski definition) is 3. The lowest BCUT2D eigenvalue weighted by Gasteiger charge is -2.16. The number of rotatable bonds is 6. The Balaban J connectivity index is 1.07. The molecule has 8 aromatic carbocycles. The number of benzene rings is 8. The lowest BCUT2D eigenvalue weighted by atomic mass is 9.89. The standard InChI is InChI=1S/C49H32N4/c1-3-14-36(15-4-1)47-50-48(37-16-5-2-6-17-37)52-49(51-47)38-25-23-35(24-26-38)46-40-18-8-7-13-33(40)29-32-41(46)34-27-30-39(31-28-34)53-44-21-11-9-19-42(44)43-20-10-12-22-45(43)53/h1-32H. The Morgan fingerprint density at radius 1 is 0.302 bits per heavy atom. The normalized spacial score (nSPS) is 11.4. The van der Waals surface area contributed by atoms with Crippen molar-refractivity contribution in [2.45, 2.75) is 0 Å². The Morgan fingerprint density at radius 3 is 1.30 bits per heavy atom. The van der Waals surface area contributed by atoms with Crippen LogP contribution >= 0.6 is 0 Å². The van der Waals surface area contributed by atoms with Gasteiger partial charge in [0.05, 0.1) is 11.0 Å². The lowest BCUT2D eigenvalue weighted by molar-refractivity contribution is 1.07. The molecule has 0 saturated carbocycles. The lowest BCUT2D eigenvalue weighted by Crippen LogP contribution is -2.00. The first-order valence-corrected chi connectivity index (χ1v) is 17.9. The minimum Gasteiger partial charge on any atom is -0.309 e. The van der Waals surface area contributed by atoms with Gasteiger partial charge < -0.3 is 4.57 Å². The van der Waals surface area contributed by atoms with Crippen LogP contribution in [0.1, 0.15) is 0 Å². The molecule has 0 aliphatic carbocycles. The van der Waals surface area contributed by atoms with Gasteiger partial charge in [0.2, 0.25) is 0 Å². The van der Waals surface area contributed by atoms with E-state index in [1.54, 1.807) is 0 Å². The van der Waals surface area contributed by atoms with Crippen LogP contribution in [0.3, 0.4) is 0 Å². The molecule has 0 fully saturated rings. The second kappa shape index (κ2) is 12.9. The highest BCUT2D eigenvalue weighted by Gasteiger charge is 2.16. The third-order valence-electron chi connectivity index (χ3n) is 10.1. The minimum absolute atomic E-state index is 0.642. The number of hydrogen-bond donors (Lipinski definition) is 0. The number of nitrogens with zero attached hydrogens (tertiary/aromatic N) is 4. The van der Waals surface area contributed by atoms with E-state index in [9.17, 15) is 0 Å². The fraction of sp³-hybridized carbons (Fsp3) is 0. The molecule has 53 heavy (non-hydrogen) atoms. The van der Waals surface area contributed by atoms with Crippen LogP contribution in [-0.2, 0) is 0 Å². The van der Waals surface area contributed by atoms with Crippen molar-refractivity contribution in [2.75, 3.05) is 0 Å². The van der Waals surface area contributed by atoms with Gasteiger partial charge in [-0.05, 0) is 57.3 Å². The molecule has 2 aromatic heterocycles. The fourth-order valence-corrected chi connectivity index (χ4v) is 7.54. The van der Waals surface area contributed by atoms with Crippen LogP contribution in [0.15, 0.2) is 194 Å². The molecule has 10 aromatic rings. The topological polar surface area (TPSA) is 43.6 Å². The van der Waals surface area contributed by atoms with Crippen molar-refractivity contribution in [3.05, 3.63) is 194 Å². The Kier molecular flexibility index (Phi) is 7.43. The van der Waals surface area contributed by atoms with E-state index >= 15 is 0 Å². The van der Waals surface area contributed by atoms with Crippen LogP contribution < -0.4 is 0 Å². The van der Waals surface area contributed by atoms with Crippen LogP contribution in [-0.4, -0.2) is 19.5 Å². The van der Waals surface area contributed by atoms with Crippen LogP contribution in [0.25, 0.3) is 94.7 Å². The van der Waals surface area contributed by atoms with Gasteiger partial charge in [-0.15, -0.1) is 0 Å². The predicted molar refractivity (Wildman–Crippen MR) is 219 cm³/mol. The van der Waals surface area contributed by atoms with Gasteiger partial charge in [-0.1, -0.05) is 170 Å². The molecule has 10 rings (SSSR count). The van der Waals surface area contributed by atoms with Gasteiger partial charge in [0.25, 0.3) is 0 Å². The molecule has 0 bridgehead atoms. The summed E-state index contributed by atoms with van der Waals surface area (Å²) in [5.41, 5.74) is 11.1. The minimum atomic E-state index is 0.642. The quantitative estimate of drug-likeness (QED) is 0.176. The average Bonchev–Trinajstić information content (AvgIpc) is 3.58. The molecule has 0 aliphatic heterocycles. The number of aromatic nitrogens is 4. The van der Waals surface area contributed by atoms with Crippen molar-refractivity contribution < 1.29 is 0 Å². The van der Waals surface area contributed by atoms with Gasteiger partial charge in [-0.25, -0.2) is 15.0 Å². The van der Waals surface area contributed by atoms with Crippen molar-refractivity contribution in [1.82, 2.24) is 19.5 Å². The summed E-state index contributed by atoms with van der Waals surface area (Å²) in [6, 6.07) is 68.2. The summed E-state index contributed by atoms with van der Waals surface area (Å²) in [5, 5.41) is 4.94. The first-order chi connectivity index (χ1) is 26.3. The third kappa shape index (κ3) is 5.45. The molecule has 0 amide bonds. The zero-order valence-electron chi connectivity index (χ0n) is 28.8. The van der Waals surface area contributed by atoms with Gasteiger partial charge >= 0.3 is 0 Å². The molecule has 0 unspecified atom stereocenters. The monoisotopic (exact) mass is 676 g/mol. The SMILES string of the molecule is c1ccc(-c2nc(-c3ccccc3)nc(-c3ccc(-c4c(-c5ccc(-n6c7ccccc7c7ccccc76)cc5)ccc5ccccc45)cc3)n2)cc1. The molecular weight excluding hydrogens is 645 g/mol. The van der Waals surface area contributed by atoms with Crippen molar-refractivity contribution in [1.29, 1.82) is 0 Å². The van der Waals surface area contributed by atoms with E-state index in [4.69, 9.17) is 15.0 Å². The van der Waals surface area contributed by atoms with E-state index in [0.717, 1.165) is 33.5 Å². The van der Waals surface area contributed by atoms with Crippen molar-refractivity contribution in [3.8, 4) is 62.1 Å². The summed E-state index contributed by atoms with van der Waals surface area (Å²) < 4.78 is 2.36. The molecule has 0 atom stereocenters. The van der Waals surface area contributed by atoms with Crippen molar-refractivity contribution in [2.24, 2.45) is 0 Å². The van der Waals surface area contributed by atoms with E-state index < -0.39 is 0 Å². The van der Waals surface area contributed by atoms with Crippen molar-refractivity contribution in [3.63, 3.8) is 0 Å². The zero-order valence-corrected chi connectivity index (χ0v) is 28.8. The number of para-hydroxylation sites is 2. The maximum atomic E-state index is 4.96. The molecule has 2 heterocycles. The van der Waals surface area contributed by atoms with E-state index in [2.05, 4.69) is 138 Å². The first kappa shape index (κ1) is 30.6. The maximum Gasteiger partial charge on any atom is 0.164 e. The molecule has 0 N–H and O–H groups in total. The first-order valence-electron chi connectivity index (χ1n) is 17.9. The smallest absolute Gasteiger partial charge is 0.164 e. The van der Waals surface area contributed by atoms with E-state index in [0.29, 0.717) is 17.5 Å². The molecule has 0 aliphatic rings. The Morgan fingerprint density at radius 2 is 0.736 bits per heavy atom. The highest BCUT2D eigenvalue weighted by molar-refractivity contribution is 6.09. The fourth-order valence-electron chi connectivity index (χ4n) is 7.54. The summed E-state index contributed by atoms with van der Waals surface area (Å²) >= 11 is 0. The summed E-state index contributed by atoms with van der Waals surface area (Å²) in [6.07, 6.45) is 0. The molecule has 4 heteroatoms. The van der Waals surface area contributed by atoms with Gasteiger partial charge in [-0.2, -0.15) is 0 Å². The van der Waals surface area contributed by atoms with Crippen LogP contribution in [0.2, 0.25) is 0 Å². The molecule has 4 nitrogen and oxygen atoms in total. The second-order valence-corrected chi connectivity index (χ2v) is 13.2. The van der Waals surface area contributed by atoms with Crippen molar-refractivity contribution >= 4 is 32.6 Å². The highest BCUT2D eigenvalue weighted by atomic mass is 15.0. The summed E-state index contributed by atoms with van der Waals surface area (Å²) in [5.74, 6) is 1.95. The summed E-state index contributed by atoms with van der Waals surface area (Å²) in [6.45, 7) is 0. The summed E-state index contributed by atoms with van der Waals surface area (Å²) in [7, 11) is 0. The maximum absolute atomic E-state index is 4.96. The van der Waals surface area contributed by atoms with Crippen LogP contribution in [0, 0.1) is 0 Å². The molecule has 248 valence electrons. The van der Waals surface area contributed by atoms with Gasteiger partial charge in [0.15, 0.2) is 17.5 Å². The largest absolute Gasteiger partial charge is 0.309 e. The van der Waals surface area contributed by atoms with E-state index in [1.165, 1.54) is 43.7 Å². The molecular formula is C49H32N4. The Hall–Kier alpha value is -7.17. The summed E-state index contributed by atoms with van der Waals surface area (Å²) in [4.78, 5) is 14.8. The van der Waals surface area contributed by atoms with E-state index in [-0.39, 0.29) is 0 Å². The van der Waals surface area contributed by atoms with Gasteiger partial charge in [0.1, 0.15) is 0 Å². The van der Waals surface area contributed by atoms with Gasteiger partial charge in [-0.3, -0.25) is 0 Å². The zero-order chi connectivity index (χ0) is 35.1. The van der Waals surface area contributed by atoms with Crippen LogP contribution in [0.5, 0.6) is 0 Å². The molecule has 0 radical (unpaired) electrons.